The molecule has 0 amide bonds. The zero-order valence-corrected chi connectivity index (χ0v) is 21.4. The van der Waals surface area contributed by atoms with Gasteiger partial charge in [0.1, 0.15) is 12.4 Å². The number of benzene rings is 3. The fraction of sp³-hybridized carbons (Fsp3) is 0.400. The van der Waals surface area contributed by atoms with Crippen molar-refractivity contribution in [3.63, 3.8) is 0 Å². The van der Waals surface area contributed by atoms with Crippen LogP contribution in [-0.4, -0.2) is 23.5 Å². The maximum atomic E-state index is 6.29. The zero-order chi connectivity index (χ0) is 22.5. The van der Waals surface area contributed by atoms with Gasteiger partial charge < -0.3 is 4.74 Å². The predicted molar refractivity (Wildman–Crippen MR) is 144 cm³/mol. The molecule has 5 rings (SSSR count). The van der Waals surface area contributed by atoms with Crippen LogP contribution < -0.4 is 4.74 Å². The number of halogens is 2. The molecule has 2 nitrogen and oxygen atoms in total. The van der Waals surface area contributed by atoms with E-state index in [-0.39, 0.29) is 12.4 Å². The van der Waals surface area contributed by atoms with Gasteiger partial charge in [-0.2, -0.15) is 0 Å². The van der Waals surface area contributed by atoms with E-state index in [4.69, 9.17) is 16.3 Å². The SMILES string of the molecule is Cl.Clc1ccccc1COc1ccc2c(c1)CCC1(CCCCN1CCCc1ccccc1)C2. The van der Waals surface area contributed by atoms with Gasteiger partial charge in [0, 0.05) is 16.1 Å². The quantitative estimate of drug-likeness (QED) is 0.333. The first kappa shape index (κ1) is 25.1. The lowest BCUT2D eigenvalue weighted by Gasteiger charge is -2.50. The van der Waals surface area contributed by atoms with Crippen LogP contribution in [0.25, 0.3) is 0 Å². The van der Waals surface area contributed by atoms with Crippen LogP contribution in [0.3, 0.4) is 0 Å². The van der Waals surface area contributed by atoms with Gasteiger partial charge in [-0.3, -0.25) is 4.90 Å². The summed E-state index contributed by atoms with van der Waals surface area (Å²) < 4.78 is 6.10. The molecule has 1 atom stereocenters. The lowest BCUT2D eigenvalue weighted by Crippen LogP contribution is -2.55. The molecule has 1 aliphatic heterocycles. The summed E-state index contributed by atoms with van der Waals surface area (Å²) in [5.74, 6) is 0.952. The number of hydrogen-bond acceptors (Lipinski definition) is 2. The van der Waals surface area contributed by atoms with Crippen molar-refractivity contribution in [2.45, 2.75) is 63.5 Å². The summed E-state index contributed by atoms with van der Waals surface area (Å²) in [6.45, 7) is 2.98. The monoisotopic (exact) mass is 495 g/mol. The largest absolute Gasteiger partial charge is 0.489 e. The minimum absolute atomic E-state index is 0. The van der Waals surface area contributed by atoms with Gasteiger partial charge in [0.2, 0.25) is 0 Å². The maximum absolute atomic E-state index is 6.29. The Balaban J connectivity index is 0.00000274. The van der Waals surface area contributed by atoms with Crippen molar-refractivity contribution in [1.82, 2.24) is 4.90 Å². The van der Waals surface area contributed by atoms with E-state index in [2.05, 4.69) is 53.4 Å². The minimum atomic E-state index is 0. The standard InChI is InChI=1S/C30H34ClNO.ClH/c31-29-13-5-4-12-27(29)23-33-28-15-14-26-22-30(18-16-25(26)21-28)17-6-7-19-32(30)20-8-11-24-9-2-1-3-10-24;/h1-5,9-10,12-15,21H,6-8,11,16-20,22-23H2;1H. The van der Waals surface area contributed by atoms with E-state index in [0.717, 1.165) is 22.8 Å². The van der Waals surface area contributed by atoms with Crippen molar-refractivity contribution in [3.8, 4) is 5.75 Å². The van der Waals surface area contributed by atoms with Crippen LogP contribution in [-0.2, 0) is 25.9 Å². The first-order chi connectivity index (χ1) is 16.2. The molecule has 3 aromatic carbocycles. The highest BCUT2D eigenvalue weighted by Gasteiger charge is 2.40. The highest BCUT2D eigenvalue weighted by atomic mass is 35.5. The summed E-state index contributed by atoms with van der Waals surface area (Å²) in [5.41, 5.74) is 5.82. The first-order valence-electron chi connectivity index (χ1n) is 12.5. The number of fused-ring (bicyclic) bond motifs is 1. The molecule has 1 unspecified atom stereocenters. The minimum Gasteiger partial charge on any atom is -0.489 e. The van der Waals surface area contributed by atoms with E-state index in [1.807, 2.05) is 24.3 Å². The van der Waals surface area contributed by atoms with Gasteiger partial charge in [-0.15, -0.1) is 12.4 Å². The average Bonchev–Trinajstić information content (AvgIpc) is 2.85. The van der Waals surface area contributed by atoms with E-state index in [1.54, 1.807) is 0 Å². The highest BCUT2D eigenvalue weighted by Crippen LogP contribution is 2.41. The van der Waals surface area contributed by atoms with Gasteiger partial charge in [0.05, 0.1) is 0 Å². The van der Waals surface area contributed by atoms with Gasteiger partial charge >= 0.3 is 0 Å². The molecule has 1 saturated heterocycles. The molecule has 0 N–H and O–H groups in total. The van der Waals surface area contributed by atoms with Gasteiger partial charge in [0.25, 0.3) is 0 Å². The van der Waals surface area contributed by atoms with Gasteiger partial charge in [-0.25, -0.2) is 0 Å². The molecule has 0 radical (unpaired) electrons. The summed E-state index contributed by atoms with van der Waals surface area (Å²) in [5, 5.41) is 0.766. The molecule has 1 fully saturated rings. The molecule has 34 heavy (non-hydrogen) atoms. The third kappa shape index (κ3) is 5.79. The highest BCUT2D eigenvalue weighted by molar-refractivity contribution is 6.31. The Bertz CT molecular complexity index is 1070. The van der Waals surface area contributed by atoms with Crippen LogP contribution in [0.1, 0.15) is 54.4 Å². The molecular formula is C30H35Cl2NO. The number of ether oxygens (including phenoxy) is 1. The molecule has 4 heteroatoms. The summed E-state index contributed by atoms with van der Waals surface area (Å²) in [6.07, 6.45) is 10.1. The molecule has 0 aromatic heterocycles. The molecule has 2 aliphatic rings. The smallest absolute Gasteiger partial charge is 0.120 e. The first-order valence-corrected chi connectivity index (χ1v) is 12.9. The second kappa shape index (κ2) is 11.6. The Morgan fingerprint density at radius 2 is 1.71 bits per heavy atom. The van der Waals surface area contributed by atoms with E-state index < -0.39 is 0 Å². The maximum Gasteiger partial charge on any atom is 0.120 e. The Hall–Kier alpha value is -2.00. The fourth-order valence-electron chi connectivity index (χ4n) is 5.79. The Morgan fingerprint density at radius 1 is 0.882 bits per heavy atom. The Labute approximate surface area is 215 Å². The van der Waals surface area contributed by atoms with Crippen molar-refractivity contribution >= 4 is 24.0 Å². The number of hydrogen-bond donors (Lipinski definition) is 0. The summed E-state index contributed by atoms with van der Waals surface area (Å²) in [4.78, 5) is 2.84. The van der Waals surface area contributed by atoms with Crippen molar-refractivity contribution in [2.75, 3.05) is 13.1 Å². The molecule has 1 heterocycles. The summed E-state index contributed by atoms with van der Waals surface area (Å²) >= 11 is 6.29. The van der Waals surface area contributed by atoms with Gasteiger partial charge in [-0.05, 0) is 92.9 Å². The van der Waals surface area contributed by atoms with Crippen LogP contribution in [0, 0.1) is 0 Å². The second-order valence-corrected chi connectivity index (χ2v) is 10.2. The van der Waals surface area contributed by atoms with Crippen LogP contribution in [0.2, 0.25) is 5.02 Å². The lowest BCUT2D eigenvalue weighted by atomic mass is 9.72. The third-order valence-corrected chi connectivity index (χ3v) is 8.01. The normalized spacial score (nSPS) is 19.9. The van der Waals surface area contributed by atoms with E-state index >= 15 is 0 Å². The fourth-order valence-corrected chi connectivity index (χ4v) is 5.98. The molecule has 1 spiro atoms. The van der Waals surface area contributed by atoms with Crippen LogP contribution in [0.4, 0.5) is 0 Å². The average molecular weight is 497 g/mol. The molecule has 0 bridgehead atoms. The third-order valence-electron chi connectivity index (χ3n) is 7.64. The van der Waals surface area contributed by atoms with Crippen molar-refractivity contribution < 1.29 is 4.74 Å². The van der Waals surface area contributed by atoms with Crippen LogP contribution in [0.5, 0.6) is 5.75 Å². The van der Waals surface area contributed by atoms with Crippen LogP contribution in [0.15, 0.2) is 72.8 Å². The van der Waals surface area contributed by atoms with Crippen LogP contribution >= 0.6 is 24.0 Å². The molecule has 0 saturated carbocycles. The van der Waals surface area contributed by atoms with Gasteiger partial charge in [-0.1, -0.05) is 72.6 Å². The molecule has 180 valence electrons. The Kier molecular flexibility index (Phi) is 8.58. The number of piperidine rings is 1. The number of rotatable bonds is 7. The molecule has 3 aromatic rings. The summed E-state index contributed by atoms with van der Waals surface area (Å²) in [6, 6.07) is 25.6. The lowest BCUT2D eigenvalue weighted by molar-refractivity contribution is 0.0330. The van der Waals surface area contributed by atoms with E-state index in [9.17, 15) is 0 Å². The Morgan fingerprint density at radius 3 is 2.56 bits per heavy atom. The topological polar surface area (TPSA) is 12.5 Å². The number of aryl methyl sites for hydroxylation is 2. The van der Waals surface area contributed by atoms with Crippen molar-refractivity contribution in [2.24, 2.45) is 0 Å². The molecular weight excluding hydrogens is 461 g/mol. The van der Waals surface area contributed by atoms with Crippen molar-refractivity contribution in [3.05, 3.63) is 100 Å². The number of nitrogens with zero attached hydrogens (tertiary/aromatic N) is 1. The molecule has 1 aliphatic carbocycles. The summed E-state index contributed by atoms with van der Waals surface area (Å²) in [7, 11) is 0. The van der Waals surface area contributed by atoms with E-state index in [0.29, 0.717) is 12.1 Å². The number of likely N-dealkylation sites (tertiary alicyclic amines) is 1. The van der Waals surface area contributed by atoms with Crippen molar-refractivity contribution in [1.29, 1.82) is 0 Å². The zero-order valence-electron chi connectivity index (χ0n) is 19.8. The predicted octanol–water partition coefficient (Wildman–Crippen LogP) is 7.69. The van der Waals surface area contributed by atoms with Gasteiger partial charge in [0.15, 0.2) is 0 Å². The van der Waals surface area contributed by atoms with E-state index in [1.165, 1.54) is 74.7 Å². The second-order valence-electron chi connectivity index (χ2n) is 9.75.